The first kappa shape index (κ1) is 20.3. The summed E-state index contributed by atoms with van der Waals surface area (Å²) in [7, 11) is 3.06. The molecule has 3 N–H and O–H groups in total. The number of H-pyrrole nitrogens is 1. The third-order valence-corrected chi connectivity index (χ3v) is 5.44. The van der Waals surface area contributed by atoms with Gasteiger partial charge >= 0.3 is 5.69 Å². The molecule has 1 saturated heterocycles. The van der Waals surface area contributed by atoms with E-state index in [9.17, 15) is 19.2 Å². The minimum Gasteiger partial charge on any atom is -0.377 e. The van der Waals surface area contributed by atoms with Crippen molar-refractivity contribution in [1.29, 1.82) is 0 Å². The minimum absolute atomic E-state index is 0.0168. The zero-order valence-corrected chi connectivity index (χ0v) is 16.0. The standard InChI is InChI=1S/C18H26N4O6/c1-22-7-12(17(25)21-18(22)26)16(24)19-11-5-3-10(4-6-11)15(23)20-13-8-28-9-14(13)27-2/h7,10-11,13-14H,3-6,8-9H2,1-2H3,(H,19,24)(H,20,23)(H,21,25,26)/t10?,11?,13-,14-/m0/s1. The van der Waals surface area contributed by atoms with Crippen LogP contribution < -0.4 is 21.9 Å². The molecule has 1 aliphatic carbocycles. The Morgan fingerprint density at radius 3 is 2.57 bits per heavy atom. The van der Waals surface area contributed by atoms with Gasteiger partial charge in [0.25, 0.3) is 11.5 Å². The lowest BCUT2D eigenvalue weighted by Gasteiger charge is -2.29. The molecule has 3 rings (SSSR count). The maximum Gasteiger partial charge on any atom is 0.328 e. The van der Waals surface area contributed by atoms with E-state index in [0.717, 1.165) is 4.57 Å². The molecule has 2 atom stereocenters. The van der Waals surface area contributed by atoms with Crippen LogP contribution >= 0.6 is 0 Å². The second-order valence-electron chi connectivity index (χ2n) is 7.36. The van der Waals surface area contributed by atoms with Crippen LogP contribution in [0.2, 0.25) is 0 Å². The average Bonchev–Trinajstić information content (AvgIpc) is 3.12. The number of carbonyl (C=O) groups excluding carboxylic acids is 2. The Morgan fingerprint density at radius 1 is 1.18 bits per heavy atom. The lowest BCUT2D eigenvalue weighted by molar-refractivity contribution is -0.127. The van der Waals surface area contributed by atoms with Gasteiger partial charge in [0, 0.05) is 32.3 Å². The molecule has 28 heavy (non-hydrogen) atoms. The zero-order chi connectivity index (χ0) is 20.3. The van der Waals surface area contributed by atoms with Gasteiger partial charge in [-0.3, -0.25) is 19.4 Å². The Balaban J connectivity index is 1.51. The summed E-state index contributed by atoms with van der Waals surface area (Å²) in [5.74, 6) is -0.653. The highest BCUT2D eigenvalue weighted by atomic mass is 16.5. The number of aromatic nitrogens is 2. The fraction of sp³-hybridized carbons (Fsp3) is 0.667. The molecule has 0 spiro atoms. The van der Waals surface area contributed by atoms with E-state index in [0.29, 0.717) is 38.9 Å². The molecule has 10 heteroatoms. The third-order valence-electron chi connectivity index (χ3n) is 5.44. The van der Waals surface area contributed by atoms with E-state index < -0.39 is 17.2 Å². The molecule has 1 aromatic rings. The van der Waals surface area contributed by atoms with E-state index >= 15 is 0 Å². The lowest BCUT2D eigenvalue weighted by atomic mass is 9.85. The van der Waals surface area contributed by atoms with Crippen molar-refractivity contribution in [3.05, 3.63) is 32.6 Å². The molecule has 0 unspecified atom stereocenters. The molecular weight excluding hydrogens is 368 g/mol. The predicted octanol–water partition coefficient (Wildman–Crippen LogP) is -1.11. The van der Waals surface area contributed by atoms with Crippen LogP contribution in [-0.4, -0.2) is 59.9 Å². The summed E-state index contributed by atoms with van der Waals surface area (Å²) in [5, 5.41) is 5.82. The maximum atomic E-state index is 12.5. The van der Waals surface area contributed by atoms with Gasteiger partial charge in [-0.25, -0.2) is 4.79 Å². The van der Waals surface area contributed by atoms with Crippen molar-refractivity contribution in [2.75, 3.05) is 20.3 Å². The molecule has 10 nitrogen and oxygen atoms in total. The fourth-order valence-electron chi connectivity index (χ4n) is 3.69. The fourth-order valence-corrected chi connectivity index (χ4v) is 3.69. The number of rotatable bonds is 5. The minimum atomic E-state index is -0.708. The summed E-state index contributed by atoms with van der Waals surface area (Å²) >= 11 is 0. The van der Waals surface area contributed by atoms with Gasteiger partial charge in [0.15, 0.2) is 0 Å². The van der Waals surface area contributed by atoms with E-state index in [1.807, 2.05) is 0 Å². The number of hydrogen-bond donors (Lipinski definition) is 3. The Labute approximate surface area is 161 Å². The number of amides is 2. The van der Waals surface area contributed by atoms with Crippen LogP contribution in [0, 0.1) is 5.92 Å². The van der Waals surface area contributed by atoms with Crippen LogP contribution in [0.5, 0.6) is 0 Å². The summed E-state index contributed by atoms with van der Waals surface area (Å²) in [6.45, 7) is 0.925. The summed E-state index contributed by atoms with van der Waals surface area (Å²) < 4.78 is 11.8. The monoisotopic (exact) mass is 394 g/mol. The number of nitrogens with one attached hydrogen (secondary N) is 3. The number of nitrogens with zero attached hydrogens (tertiary/aromatic N) is 1. The number of ether oxygens (including phenoxy) is 2. The summed E-state index contributed by atoms with van der Waals surface area (Å²) in [4.78, 5) is 50.2. The summed E-state index contributed by atoms with van der Waals surface area (Å²) in [6, 6.07) is -0.249. The first-order valence-electron chi connectivity index (χ1n) is 9.40. The van der Waals surface area contributed by atoms with E-state index in [-0.39, 0.29) is 35.6 Å². The van der Waals surface area contributed by atoms with E-state index in [1.165, 1.54) is 13.2 Å². The SMILES string of the molecule is CO[C@H]1COC[C@@H]1NC(=O)C1CCC(NC(=O)c2cn(C)c(=O)[nH]c2=O)CC1. The van der Waals surface area contributed by atoms with Crippen molar-refractivity contribution in [2.24, 2.45) is 13.0 Å². The molecule has 2 fully saturated rings. The van der Waals surface area contributed by atoms with Crippen LogP contribution in [0.15, 0.2) is 15.8 Å². The highest BCUT2D eigenvalue weighted by Gasteiger charge is 2.33. The number of carbonyl (C=O) groups is 2. The quantitative estimate of drug-likeness (QED) is 0.580. The van der Waals surface area contributed by atoms with Gasteiger partial charge in [-0.2, -0.15) is 0 Å². The smallest absolute Gasteiger partial charge is 0.328 e. The molecule has 2 heterocycles. The Hall–Kier alpha value is -2.46. The molecule has 0 bridgehead atoms. The highest BCUT2D eigenvalue weighted by Crippen LogP contribution is 2.25. The molecule has 154 valence electrons. The van der Waals surface area contributed by atoms with Crippen LogP contribution in [0.3, 0.4) is 0 Å². The predicted molar refractivity (Wildman–Crippen MR) is 99.1 cm³/mol. The van der Waals surface area contributed by atoms with Crippen molar-refractivity contribution in [1.82, 2.24) is 20.2 Å². The molecular formula is C18H26N4O6. The van der Waals surface area contributed by atoms with Crippen LogP contribution in [-0.2, 0) is 21.3 Å². The van der Waals surface area contributed by atoms with Crippen molar-refractivity contribution in [2.45, 2.75) is 43.9 Å². The second-order valence-corrected chi connectivity index (χ2v) is 7.36. The van der Waals surface area contributed by atoms with Gasteiger partial charge in [0.2, 0.25) is 5.91 Å². The summed E-state index contributed by atoms with van der Waals surface area (Å²) in [5.41, 5.74) is -1.38. The topological polar surface area (TPSA) is 132 Å². The lowest BCUT2D eigenvalue weighted by Crippen LogP contribution is -2.47. The van der Waals surface area contributed by atoms with Gasteiger partial charge < -0.3 is 24.7 Å². The number of aryl methyl sites for hydroxylation is 1. The molecule has 1 aliphatic heterocycles. The Kier molecular flexibility index (Phi) is 6.30. The van der Waals surface area contributed by atoms with Crippen LogP contribution in [0.4, 0.5) is 0 Å². The van der Waals surface area contributed by atoms with E-state index in [4.69, 9.17) is 9.47 Å². The largest absolute Gasteiger partial charge is 0.377 e. The second kappa shape index (κ2) is 8.70. The number of methoxy groups -OCH3 is 1. The molecule has 0 aromatic carbocycles. The van der Waals surface area contributed by atoms with Crippen LogP contribution in [0.25, 0.3) is 0 Å². The van der Waals surface area contributed by atoms with Gasteiger partial charge in [0.05, 0.1) is 19.3 Å². The average molecular weight is 394 g/mol. The Morgan fingerprint density at radius 2 is 1.89 bits per heavy atom. The van der Waals surface area contributed by atoms with Crippen molar-refractivity contribution >= 4 is 11.8 Å². The molecule has 1 aromatic heterocycles. The number of aromatic amines is 1. The van der Waals surface area contributed by atoms with Gasteiger partial charge in [0.1, 0.15) is 11.7 Å². The van der Waals surface area contributed by atoms with Crippen molar-refractivity contribution in [3.8, 4) is 0 Å². The normalized spacial score (nSPS) is 27.4. The first-order valence-corrected chi connectivity index (χ1v) is 9.40. The zero-order valence-electron chi connectivity index (χ0n) is 16.0. The van der Waals surface area contributed by atoms with Gasteiger partial charge in [-0.15, -0.1) is 0 Å². The van der Waals surface area contributed by atoms with E-state index in [2.05, 4.69) is 15.6 Å². The molecule has 1 saturated carbocycles. The van der Waals surface area contributed by atoms with Crippen LogP contribution in [0.1, 0.15) is 36.0 Å². The Bertz CT molecular complexity index is 839. The van der Waals surface area contributed by atoms with E-state index in [1.54, 1.807) is 7.11 Å². The van der Waals surface area contributed by atoms with Crippen molar-refractivity contribution < 1.29 is 19.1 Å². The molecule has 0 radical (unpaired) electrons. The first-order chi connectivity index (χ1) is 13.4. The maximum absolute atomic E-state index is 12.5. The van der Waals surface area contributed by atoms with Gasteiger partial charge in [-0.1, -0.05) is 0 Å². The third kappa shape index (κ3) is 4.50. The molecule has 2 amide bonds. The number of hydrogen-bond acceptors (Lipinski definition) is 6. The summed E-state index contributed by atoms with van der Waals surface area (Å²) in [6.07, 6.45) is 3.67. The van der Waals surface area contributed by atoms with Gasteiger partial charge in [-0.05, 0) is 25.7 Å². The molecule has 2 aliphatic rings. The highest BCUT2D eigenvalue weighted by molar-refractivity contribution is 5.93. The van der Waals surface area contributed by atoms with Crippen molar-refractivity contribution in [3.63, 3.8) is 0 Å².